The third-order valence-corrected chi connectivity index (χ3v) is 6.97. The number of likely N-dealkylation sites (tertiary alicyclic amines) is 1. The molecule has 0 aromatic heterocycles. The molecule has 1 unspecified atom stereocenters. The standard InChI is InChI=1S/C26H28F5N3O/c1-18(35)34-25(19-7-3-2-4-8-19,16-24(32-34)22-15-21(27)10-11-23(22)28)12-6-14-33-13-5-9-20(17-33)26(29,30)31/h2-4,7-8,10-11,15,20H,5-6,9,12-14,16-17H2,1H3/t20?,25-/m0/s1. The molecule has 188 valence electrons. The van der Waals surface area contributed by atoms with Gasteiger partial charge >= 0.3 is 6.18 Å². The van der Waals surface area contributed by atoms with E-state index in [1.807, 2.05) is 35.2 Å². The van der Waals surface area contributed by atoms with Gasteiger partial charge in [-0.25, -0.2) is 13.8 Å². The second kappa shape index (κ2) is 10.0. The van der Waals surface area contributed by atoms with Crippen LogP contribution in [0.15, 0.2) is 53.6 Å². The number of piperidine rings is 1. The third kappa shape index (κ3) is 5.39. The summed E-state index contributed by atoms with van der Waals surface area (Å²) >= 11 is 0. The predicted octanol–water partition coefficient (Wildman–Crippen LogP) is 5.87. The highest BCUT2D eigenvalue weighted by molar-refractivity contribution is 6.03. The summed E-state index contributed by atoms with van der Waals surface area (Å²) in [6.07, 6.45) is -2.49. The molecule has 9 heteroatoms. The van der Waals surface area contributed by atoms with E-state index >= 15 is 0 Å². The molecule has 0 spiro atoms. The first-order valence-electron chi connectivity index (χ1n) is 11.8. The van der Waals surface area contributed by atoms with E-state index in [0.29, 0.717) is 32.4 Å². The molecule has 1 saturated heterocycles. The Labute approximate surface area is 201 Å². The topological polar surface area (TPSA) is 35.9 Å². The Balaban J connectivity index is 1.59. The maximum absolute atomic E-state index is 14.6. The number of carbonyl (C=O) groups excluding carboxylic acids is 1. The molecule has 1 fully saturated rings. The molecule has 2 atom stereocenters. The van der Waals surface area contributed by atoms with Gasteiger partial charge in [-0.05, 0) is 62.5 Å². The van der Waals surface area contributed by atoms with E-state index in [-0.39, 0.29) is 36.6 Å². The van der Waals surface area contributed by atoms with Gasteiger partial charge < -0.3 is 4.90 Å². The molecule has 0 N–H and O–H groups in total. The van der Waals surface area contributed by atoms with Crippen LogP contribution in [-0.4, -0.2) is 47.3 Å². The van der Waals surface area contributed by atoms with Crippen LogP contribution in [0.2, 0.25) is 0 Å². The van der Waals surface area contributed by atoms with Crippen LogP contribution in [0, 0.1) is 17.6 Å². The average Bonchev–Trinajstić information content (AvgIpc) is 3.22. The Kier molecular flexibility index (Phi) is 7.26. The van der Waals surface area contributed by atoms with Crippen LogP contribution in [-0.2, 0) is 10.3 Å². The quantitative estimate of drug-likeness (QED) is 0.472. The zero-order valence-electron chi connectivity index (χ0n) is 19.5. The van der Waals surface area contributed by atoms with Gasteiger partial charge in [-0.2, -0.15) is 18.3 Å². The number of halogens is 5. The van der Waals surface area contributed by atoms with Crippen molar-refractivity contribution in [1.29, 1.82) is 0 Å². The SMILES string of the molecule is CC(=O)N1N=C(c2cc(F)ccc2F)C[C@@]1(CCCN1CCCC(C(F)(F)F)C1)c1ccccc1. The Bertz CT molecular complexity index is 1090. The zero-order valence-corrected chi connectivity index (χ0v) is 19.5. The van der Waals surface area contributed by atoms with Crippen molar-refractivity contribution in [1.82, 2.24) is 9.91 Å². The fourth-order valence-corrected chi connectivity index (χ4v) is 5.28. The number of hydrogen-bond acceptors (Lipinski definition) is 3. The van der Waals surface area contributed by atoms with E-state index in [2.05, 4.69) is 5.10 Å². The van der Waals surface area contributed by atoms with Crippen molar-refractivity contribution >= 4 is 11.6 Å². The van der Waals surface area contributed by atoms with E-state index in [4.69, 9.17) is 0 Å². The molecule has 0 saturated carbocycles. The molecule has 2 heterocycles. The molecule has 2 aromatic carbocycles. The van der Waals surface area contributed by atoms with Crippen LogP contribution in [0.1, 0.15) is 50.2 Å². The van der Waals surface area contributed by atoms with Gasteiger partial charge in [0.1, 0.15) is 11.6 Å². The average molecular weight is 494 g/mol. The molecule has 4 nitrogen and oxygen atoms in total. The number of hydrazone groups is 1. The number of benzene rings is 2. The molecular weight excluding hydrogens is 465 g/mol. The summed E-state index contributed by atoms with van der Waals surface area (Å²) in [4.78, 5) is 14.5. The van der Waals surface area contributed by atoms with Crippen LogP contribution in [0.3, 0.4) is 0 Å². The second-order valence-corrected chi connectivity index (χ2v) is 9.36. The van der Waals surface area contributed by atoms with Crippen molar-refractivity contribution in [3.8, 4) is 0 Å². The Morgan fingerprint density at radius 2 is 1.89 bits per heavy atom. The van der Waals surface area contributed by atoms with Crippen LogP contribution in [0.5, 0.6) is 0 Å². The summed E-state index contributed by atoms with van der Waals surface area (Å²) in [6, 6.07) is 12.3. The number of carbonyl (C=O) groups is 1. The molecule has 0 bridgehead atoms. The highest BCUT2D eigenvalue weighted by Crippen LogP contribution is 2.43. The number of hydrogen-bond donors (Lipinski definition) is 0. The maximum Gasteiger partial charge on any atom is 0.393 e. The van der Waals surface area contributed by atoms with Crippen LogP contribution < -0.4 is 0 Å². The number of rotatable bonds is 6. The Morgan fingerprint density at radius 3 is 2.57 bits per heavy atom. The molecule has 2 aromatic rings. The van der Waals surface area contributed by atoms with Crippen molar-refractivity contribution < 1.29 is 26.7 Å². The summed E-state index contributed by atoms with van der Waals surface area (Å²) < 4.78 is 68.2. The molecule has 2 aliphatic heterocycles. The molecule has 4 rings (SSSR count). The maximum atomic E-state index is 14.6. The predicted molar refractivity (Wildman–Crippen MR) is 123 cm³/mol. The van der Waals surface area contributed by atoms with Gasteiger partial charge in [-0.3, -0.25) is 4.79 Å². The first-order chi connectivity index (χ1) is 16.6. The van der Waals surface area contributed by atoms with Gasteiger partial charge in [-0.15, -0.1) is 0 Å². The first kappa shape index (κ1) is 25.3. The molecule has 2 aliphatic rings. The van der Waals surface area contributed by atoms with Gasteiger partial charge in [0.2, 0.25) is 5.91 Å². The minimum atomic E-state index is -4.21. The van der Waals surface area contributed by atoms with Gasteiger partial charge in [0.25, 0.3) is 0 Å². The van der Waals surface area contributed by atoms with Crippen molar-refractivity contribution in [3.63, 3.8) is 0 Å². The van der Waals surface area contributed by atoms with E-state index in [1.54, 1.807) is 0 Å². The normalized spacial score (nSPS) is 23.4. The van der Waals surface area contributed by atoms with Crippen molar-refractivity contribution in [2.45, 2.75) is 50.7 Å². The fraction of sp³-hybridized carbons (Fsp3) is 0.462. The summed E-state index contributed by atoms with van der Waals surface area (Å²) in [5, 5.41) is 5.76. The van der Waals surface area contributed by atoms with Gasteiger partial charge in [0.05, 0.1) is 17.2 Å². The Morgan fingerprint density at radius 1 is 1.14 bits per heavy atom. The summed E-state index contributed by atoms with van der Waals surface area (Å²) in [6.45, 7) is 2.37. The highest BCUT2D eigenvalue weighted by atomic mass is 19.4. The largest absolute Gasteiger partial charge is 0.393 e. The molecule has 0 aliphatic carbocycles. The Hall–Kier alpha value is -2.81. The third-order valence-electron chi connectivity index (χ3n) is 6.97. The lowest BCUT2D eigenvalue weighted by molar-refractivity contribution is -0.186. The zero-order chi connectivity index (χ0) is 25.2. The number of nitrogens with zero attached hydrogens (tertiary/aromatic N) is 3. The minimum Gasteiger partial charge on any atom is -0.303 e. The monoisotopic (exact) mass is 493 g/mol. The molecule has 1 amide bonds. The van der Waals surface area contributed by atoms with Crippen LogP contribution in [0.4, 0.5) is 22.0 Å². The van der Waals surface area contributed by atoms with Gasteiger partial charge in [0.15, 0.2) is 0 Å². The second-order valence-electron chi connectivity index (χ2n) is 9.36. The molecule has 35 heavy (non-hydrogen) atoms. The van der Waals surface area contributed by atoms with Crippen molar-refractivity contribution in [3.05, 3.63) is 71.3 Å². The highest BCUT2D eigenvalue weighted by Gasteiger charge is 2.47. The lowest BCUT2D eigenvalue weighted by atomic mass is 9.80. The molecule has 0 radical (unpaired) electrons. The van der Waals surface area contributed by atoms with E-state index in [1.165, 1.54) is 11.9 Å². The van der Waals surface area contributed by atoms with E-state index < -0.39 is 29.3 Å². The smallest absolute Gasteiger partial charge is 0.303 e. The fourth-order valence-electron chi connectivity index (χ4n) is 5.28. The minimum absolute atomic E-state index is 0.00175. The number of amides is 1. The lowest BCUT2D eigenvalue weighted by Gasteiger charge is -2.38. The summed E-state index contributed by atoms with van der Waals surface area (Å²) in [5.74, 6) is -2.93. The number of alkyl halides is 3. The van der Waals surface area contributed by atoms with Crippen molar-refractivity contribution in [2.75, 3.05) is 19.6 Å². The van der Waals surface area contributed by atoms with E-state index in [9.17, 15) is 26.7 Å². The molecular formula is C26H28F5N3O. The summed E-state index contributed by atoms with van der Waals surface area (Å²) in [5.41, 5.74) is 0.104. The lowest BCUT2D eigenvalue weighted by Crippen LogP contribution is -2.45. The van der Waals surface area contributed by atoms with Crippen LogP contribution >= 0.6 is 0 Å². The summed E-state index contributed by atoms with van der Waals surface area (Å²) in [7, 11) is 0. The van der Waals surface area contributed by atoms with Gasteiger partial charge in [0, 0.05) is 25.5 Å². The van der Waals surface area contributed by atoms with E-state index in [0.717, 1.165) is 23.8 Å². The first-order valence-corrected chi connectivity index (χ1v) is 11.8. The van der Waals surface area contributed by atoms with Gasteiger partial charge in [-0.1, -0.05) is 30.3 Å². The van der Waals surface area contributed by atoms with Crippen molar-refractivity contribution in [2.24, 2.45) is 11.0 Å². The van der Waals surface area contributed by atoms with Crippen LogP contribution in [0.25, 0.3) is 0 Å².